The molecule has 0 aliphatic carbocycles. The molecule has 5 rings (SSSR count). The summed E-state index contributed by atoms with van der Waals surface area (Å²) in [4.78, 5) is 4.46. The Kier molecular flexibility index (Phi) is 7.14. The summed E-state index contributed by atoms with van der Waals surface area (Å²) in [5.41, 5.74) is 2.19. The monoisotopic (exact) mass is 547 g/mol. The number of sulfone groups is 1. The molecule has 0 spiro atoms. The second-order valence-corrected chi connectivity index (χ2v) is 11.3. The zero-order chi connectivity index (χ0) is 27.6. The van der Waals surface area contributed by atoms with Crippen molar-refractivity contribution in [3.8, 4) is 22.6 Å². The third-order valence-electron chi connectivity index (χ3n) is 6.44. The lowest BCUT2D eigenvalue weighted by Gasteiger charge is -2.17. The van der Waals surface area contributed by atoms with Crippen LogP contribution in [0.3, 0.4) is 0 Å². The number of alkyl halides is 3. The molecule has 1 aromatic heterocycles. The molecule has 39 heavy (non-hydrogen) atoms. The smallest absolute Gasteiger partial charge is 0.418 e. The minimum atomic E-state index is -4.55. The summed E-state index contributed by atoms with van der Waals surface area (Å²) in [5.74, 6) is 0.892. The van der Waals surface area contributed by atoms with E-state index in [2.05, 4.69) is 4.98 Å². The summed E-state index contributed by atoms with van der Waals surface area (Å²) in [7, 11) is -3.34. The van der Waals surface area contributed by atoms with Crippen LogP contribution in [0.5, 0.6) is 11.5 Å². The first-order valence-electron chi connectivity index (χ1n) is 12.3. The van der Waals surface area contributed by atoms with Crippen molar-refractivity contribution in [2.24, 2.45) is 0 Å². The van der Waals surface area contributed by atoms with Gasteiger partial charge in [-0.15, -0.1) is 0 Å². The number of para-hydroxylation sites is 1. The highest BCUT2D eigenvalue weighted by molar-refractivity contribution is 7.91. The van der Waals surface area contributed by atoms with Crippen LogP contribution in [-0.4, -0.2) is 19.2 Å². The van der Waals surface area contributed by atoms with Crippen molar-refractivity contribution < 1.29 is 26.3 Å². The number of halogens is 3. The molecule has 4 aromatic carbocycles. The average Bonchev–Trinajstić information content (AvgIpc) is 2.93. The van der Waals surface area contributed by atoms with E-state index in [-0.39, 0.29) is 16.2 Å². The van der Waals surface area contributed by atoms with Gasteiger partial charge in [0, 0.05) is 11.6 Å². The van der Waals surface area contributed by atoms with E-state index in [0.29, 0.717) is 34.4 Å². The molecule has 0 saturated carbocycles. The van der Waals surface area contributed by atoms with Gasteiger partial charge in [0.05, 0.1) is 21.7 Å². The van der Waals surface area contributed by atoms with Gasteiger partial charge >= 0.3 is 6.18 Å². The molecule has 198 valence electrons. The van der Waals surface area contributed by atoms with Crippen molar-refractivity contribution in [1.29, 1.82) is 0 Å². The van der Waals surface area contributed by atoms with Gasteiger partial charge in [0.2, 0.25) is 0 Å². The SMILES string of the molecule is CCS(=O)(=O)c1ccc(Oc2cccc(-c3c(Cc4ccccc4)cnc4c(C(F)(F)F)cccc34)c2)cc1. The zero-order valence-electron chi connectivity index (χ0n) is 20.9. The number of hydrogen-bond donors (Lipinski definition) is 0. The molecular formula is C31H24F3NO3S. The number of nitrogens with zero attached hydrogens (tertiary/aromatic N) is 1. The maximum atomic E-state index is 13.8. The Balaban J connectivity index is 1.60. The predicted octanol–water partition coefficient (Wildman–Crippen LogP) is 8.10. The molecule has 0 radical (unpaired) electrons. The van der Waals surface area contributed by atoms with Gasteiger partial charge in [-0.05, 0) is 71.1 Å². The molecule has 0 N–H and O–H groups in total. The predicted molar refractivity (Wildman–Crippen MR) is 146 cm³/mol. The Hall–Kier alpha value is -4.17. The van der Waals surface area contributed by atoms with Gasteiger partial charge < -0.3 is 4.74 Å². The number of rotatable bonds is 7. The van der Waals surface area contributed by atoms with E-state index in [1.807, 2.05) is 36.4 Å². The fourth-order valence-electron chi connectivity index (χ4n) is 4.52. The van der Waals surface area contributed by atoms with Crippen LogP contribution in [0.15, 0.2) is 108 Å². The van der Waals surface area contributed by atoms with Crippen molar-refractivity contribution in [3.63, 3.8) is 0 Å². The minimum absolute atomic E-state index is 0.00347. The van der Waals surface area contributed by atoms with E-state index in [1.54, 1.807) is 43.3 Å². The average molecular weight is 548 g/mol. The number of pyridine rings is 1. The molecule has 0 amide bonds. The number of ether oxygens (including phenoxy) is 1. The molecule has 0 unspecified atom stereocenters. The summed E-state index contributed by atoms with van der Waals surface area (Å²) in [5, 5.41) is 0.393. The minimum Gasteiger partial charge on any atom is -0.457 e. The second-order valence-electron chi connectivity index (χ2n) is 9.03. The van der Waals surface area contributed by atoms with Crippen molar-refractivity contribution in [2.75, 3.05) is 5.75 Å². The van der Waals surface area contributed by atoms with Crippen molar-refractivity contribution >= 4 is 20.7 Å². The molecule has 8 heteroatoms. The highest BCUT2D eigenvalue weighted by Gasteiger charge is 2.33. The maximum absolute atomic E-state index is 13.8. The van der Waals surface area contributed by atoms with Crippen molar-refractivity contribution in [3.05, 3.63) is 120 Å². The van der Waals surface area contributed by atoms with E-state index in [0.717, 1.165) is 17.2 Å². The summed E-state index contributed by atoms with van der Waals surface area (Å²) in [6.45, 7) is 1.58. The molecule has 0 saturated heterocycles. The largest absolute Gasteiger partial charge is 0.457 e. The third-order valence-corrected chi connectivity index (χ3v) is 8.19. The molecular weight excluding hydrogens is 523 g/mol. The molecule has 0 bridgehead atoms. The lowest BCUT2D eigenvalue weighted by molar-refractivity contribution is -0.136. The summed E-state index contributed by atoms with van der Waals surface area (Å²) >= 11 is 0. The molecule has 5 aromatic rings. The van der Waals surface area contributed by atoms with Gasteiger partial charge in [-0.1, -0.05) is 61.5 Å². The first kappa shape index (κ1) is 26.4. The Morgan fingerprint density at radius 3 is 2.23 bits per heavy atom. The molecule has 0 aliphatic heterocycles. The van der Waals surface area contributed by atoms with Crippen LogP contribution in [0.1, 0.15) is 23.6 Å². The van der Waals surface area contributed by atoms with Crippen LogP contribution in [0, 0.1) is 0 Å². The van der Waals surface area contributed by atoms with Gasteiger partial charge in [0.15, 0.2) is 9.84 Å². The molecule has 0 aliphatic rings. The summed E-state index contributed by atoms with van der Waals surface area (Å²) in [6, 6.07) is 27.0. The van der Waals surface area contributed by atoms with E-state index < -0.39 is 21.6 Å². The van der Waals surface area contributed by atoms with Crippen LogP contribution in [0.25, 0.3) is 22.0 Å². The number of aromatic nitrogens is 1. The summed E-state index contributed by atoms with van der Waals surface area (Å²) in [6.07, 6.45) is -2.55. The molecule has 0 atom stereocenters. The van der Waals surface area contributed by atoms with Crippen molar-refractivity contribution in [2.45, 2.75) is 24.4 Å². The Morgan fingerprint density at radius 1 is 0.821 bits per heavy atom. The first-order valence-corrected chi connectivity index (χ1v) is 13.9. The van der Waals surface area contributed by atoms with Gasteiger partial charge in [0.25, 0.3) is 0 Å². The number of hydrogen-bond acceptors (Lipinski definition) is 4. The quantitative estimate of drug-likeness (QED) is 0.207. The van der Waals surface area contributed by atoms with Gasteiger partial charge in [0.1, 0.15) is 11.5 Å². The standard InChI is InChI=1S/C31H24F3NO3S/c1-2-39(36,37)26-16-14-24(15-17-26)38-25-11-6-10-22(19-25)29-23(18-21-8-4-3-5-9-21)20-35-30-27(29)12-7-13-28(30)31(32,33)34/h3-17,19-20H,2,18H2,1H3. The van der Waals surface area contributed by atoms with Gasteiger partial charge in [-0.25, -0.2) is 8.42 Å². The van der Waals surface area contributed by atoms with E-state index in [4.69, 9.17) is 4.74 Å². The summed E-state index contributed by atoms with van der Waals surface area (Å²) < 4.78 is 71.7. The Morgan fingerprint density at radius 2 is 1.54 bits per heavy atom. The molecule has 0 fully saturated rings. The lowest BCUT2D eigenvalue weighted by Crippen LogP contribution is -2.07. The Bertz CT molecular complexity index is 1730. The van der Waals surface area contributed by atoms with Crippen LogP contribution in [-0.2, 0) is 22.4 Å². The highest BCUT2D eigenvalue weighted by atomic mass is 32.2. The van der Waals surface area contributed by atoms with Crippen LogP contribution >= 0.6 is 0 Å². The first-order chi connectivity index (χ1) is 18.7. The van der Waals surface area contributed by atoms with Gasteiger partial charge in [-0.3, -0.25) is 4.98 Å². The Labute approximate surface area is 224 Å². The van der Waals surface area contributed by atoms with Gasteiger partial charge in [-0.2, -0.15) is 13.2 Å². The van der Waals surface area contributed by atoms with Crippen molar-refractivity contribution in [1.82, 2.24) is 4.98 Å². The van der Waals surface area contributed by atoms with Crippen LogP contribution in [0.2, 0.25) is 0 Å². The fraction of sp³-hybridized carbons (Fsp3) is 0.129. The van der Waals surface area contributed by atoms with Crippen LogP contribution in [0.4, 0.5) is 13.2 Å². The second kappa shape index (κ2) is 10.5. The van der Waals surface area contributed by atoms with Crippen LogP contribution < -0.4 is 4.74 Å². The third kappa shape index (κ3) is 5.66. The van der Waals surface area contributed by atoms with E-state index in [9.17, 15) is 21.6 Å². The van der Waals surface area contributed by atoms with E-state index in [1.165, 1.54) is 24.4 Å². The lowest BCUT2D eigenvalue weighted by atomic mass is 9.92. The maximum Gasteiger partial charge on any atom is 0.418 e. The fourth-order valence-corrected chi connectivity index (χ4v) is 5.40. The number of fused-ring (bicyclic) bond motifs is 1. The molecule has 4 nitrogen and oxygen atoms in total. The highest BCUT2D eigenvalue weighted by Crippen LogP contribution is 2.40. The topological polar surface area (TPSA) is 56.3 Å². The number of benzene rings is 4. The zero-order valence-corrected chi connectivity index (χ0v) is 21.8. The normalized spacial score (nSPS) is 12.0. The molecule has 1 heterocycles. The van der Waals surface area contributed by atoms with E-state index >= 15 is 0 Å².